The molecule has 0 saturated heterocycles. The summed E-state index contributed by atoms with van der Waals surface area (Å²) >= 11 is 0. The van der Waals surface area contributed by atoms with E-state index in [-0.39, 0.29) is 5.56 Å². The van der Waals surface area contributed by atoms with E-state index in [2.05, 4.69) is 25.3 Å². The minimum Gasteiger partial charge on any atom is -0.494 e. The molecule has 0 aliphatic carbocycles. The third-order valence-electron chi connectivity index (χ3n) is 4.26. The molecule has 0 unspecified atom stereocenters. The molecule has 8 heteroatoms. The molecule has 2 aromatic carbocycles. The van der Waals surface area contributed by atoms with Crippen molar-refractivity contribution in [1.82, 2.24) is 19.9 Å². The minimum atomic E-state index is -0.662. The first-order valence-electron chi connectivity index (χ1n) is 8.40. The van der Waals surface area contributed by atoms with Crippen LogP contribution in [0.2, 0.25) is 0 Å². The topological polar surface area (TPSA) is 72.8 Å². The van der Waals surface area contributed by atoms with Gasteiger partial charge in [-0.25, -0.2) is 23.7 Å². The number of anilines is 1. The van der Waals surface area contributed by atoms with Crippen molar-refractivity contribution in [2.45, 2.75) is 0 Å². The van der Waals surface area contributed by atoms with Gasteiger partial charge in [0.05, 0.1) is 13.3 Å². The van der Waals surface area contributed by atoms with Crippen LogP contribution < -0.4 is 10.1 Å². The van der Waals surface area contributed by atoms with E-state index in [0.29, 0.717) is 39.6 Å². The Kier molecular flexibility index (Phi) is 4.52. The second-order valence-electron chi connectivity index (χ2n) is 5.94. The second-order valence-corrected chi connectivity index (χ2v) is 5.94. The molecule has 0 saturated carbocycles. The zero-order chi connectivity index (χ0) is 19.7. The Hall–Kier alpha value is -3.68. The zero-order valence-corrected chi connectivity index (χ0v) is 15.1. The van der Waals surface area contributed by atoms with Crippen molar-refractivity contribution in [1.29, 1.82) is 0 Å². The molecule has 6 nitrogen and oxygen atoms in total. The van der Waals surface area contributed by atoms with E-state index in [0.717, 1.165) is 6.07 Å². The molecule has 1 N–H and O–H groups in total. The third kappa shape index (κ3) is 3.09. The van der Waals surface area contributed by atoms with Gasteiger partial charge in [0, 0.05) is 36.5 Å². The summed E-state index contributed by atoms with van der Waals surface area (Å²) in [6.45, 7) is 0. The van der Waals surface area contributed by atoms with Gasteiger partial charge in [-0.2, -0.15) is 0 Å². The van der Waals surface area contributed by atoms with E-state index >= 15 is 0 Å². The molecule has 0 aliphatic rings. The Morgan fingerprint density at radius 3 is 2.57 bits per heavy atom. The summed E-state index contributed by atoms with van der Waals surface area (Å²) in [5.41, 5.74) is 1.82. The highest BCUT2D eigenvalue weighted by Crippen LogP contribution is 2.36. The average Bonchev–Trinajstić information content (AvgIpc) is 2.72. The maximum absolute atomic E-state index is 14.3. The van der Waals surface area contributed by atoms with Crippen molar-refractivity contribution in [3.63, 3.8) is 0 Å². The minimum absolute atomic E-state index is 0.252. The predicted octanol–water partition coefficient (Wildman–Crippen LogP) is 4.08. The number of aromatic nitrogens is 4. The quantitative estimate of drug-likeness (QED) is 0.576. The molecule has 0 atom stereocenters. The lowest BCUT2D eigenvalue weighted by Gasteiger charge is -2.13. The second kappa shape index (κ2) is 7.15. The van der Waals surface area contributed by atoms with Crippen molar-refractivity contribution in [2.24, 2.45) is 0 Å². The maximum Gasteiger partial charge on any atom is 0.182 e. The van der Waals surface area contributed by atoms with E-state index in [1.807, 2.05) is 0 Å². The van der Waals surface area contributed by atoms with E-state index in [1.54, 1.807) is 37.8 Å². The molecule has 0 aliphatic heterocycles. The van der Waals surface area contributed by atoms with Crippen LogP contribution in [0.5, 0.6) is 5.75 Å². The monoisotopic (exact) mass is 379 g/mol. The van der Waals surface area contributed by atoms with Crippen molar-refractivity contribution in [3.05, 3.63) is 60.6 Å². The summed E-state index contributed by atoms with van der Waals surface area (Å²) in [5, 5.41) is 3.66. The molecule has 0 amide bonds. The Morgan fingerprint density at radius 1 is 1.04 bits per heavy atom. The van der Waals surface area contributed by atoms with Gasteiger partial charge in [-0.3, -0.25) is 4.98 Å². The normalized spacial score (nSPS) is 10.9. The Bertz CT molecular complexity index is 1170. The molecule has 2 heterocycles. The van der Waals surface area contributed by atoms with Crippen molar-refractivity contribution >= 4 is 16.7 Å². The van der Waals surface area contributed by atoms with Crippen LogP contribution in [0.25, 0.3) is 33.5 Å². The number of rotatable bonds is 4. The fourth-order valence-electron chi connectivity index (χ4n) is 2.96. The summed E-state index contributed by atoms with van der Waals surface area (Å²) in [6, 6.07) is 6.84. The smallest absolute Gasteiger partial charge is 0.182 e. The highest BCUT2D eigenvalue weighted by Gasteiger charge is 2.17. The lowest BCUT2D eigenvalue weighted by Crippen LogP contribution is -2.02. The first-order chi connectivity index (χ1) is 13.6. The van der Waals surface area contributed by atoms with Crippen molar-refractivity contribution < 1.29 is 13.5 Å². The predicted molar refractivity (Wildman–Crippen MR) is 102 cm³/mol. The van der Waals surface area contributed by atoms with E-state index in [4.69, 9.17) is 4.74 Å². The molecule has 4 aromatic rings. The summed E-state index contributed by atoms with van der Waals surface area (Å²) < 4.78 is 33.1. The number of nitrogens with one attached hydrogen (secondary N) is 1. The summed E-state index contributed by atoms with van der Waals surface area (Å²) in [4.78, 5) is 17.3. The number of benzene rings is 2. The zero-order valence-electron chi connectivity index (χ0n) is 15.1. The van der Waals surface area contributed by atoms with Crippen LogP contribution in [0.15, 0.2) is 48.9 Å². The van der Waals surface area contributed by atoms with Crippen LogP contribution in [-0.4, -0.2) is 34.1 Å². The van der Waals surface area contributed by atoms with Gasteiger partial charge in [-0.1, -0.05) is 0 Å². The van der Waals surface area contributed by atoms with Crippen molar-refractivity contribution in [3.8, 4) is 28.4 Å². The standard InChI is InChI=1S/C20H15F2N5O/c1-23-19-14-7-11(13-4-3-12(21)9-15(13)22)8-17(28-2)18(14)26-20(27-19)16-10-24-5-6-25-16/h3-10H,1-2H3,(H,23,26,27). The molecule has 28 heavy (non-hydrogen) atoms. The van der Waals surface area contributed by atoms with Crippen LogP contribution in [0.3, 0.4) is 0 Å². The van der Waals surface area contributed by atoms with Crippen LogP contribution in [0.4, 0.5) is 14.6 Å². The first-order valence-corrected chi connectivity index (χ1v) is 8.40. The highest BCUT2D eigenvalue weighted by atomic mass is 19.1. The van der Waals surface area contributed by atoms with E-state index in [1.165, 1.54) is 19.2 Å². The van der Waals surface area contributed by atoms with Crippen LogP contribution in [0.1, 0.15) is 0 Å². The summed E-state index contributed by atoms with van der Waals surface area (Å²) in [7, 11) is 3.22. The summed E-state index contributed by atoms with van der Waals surface area (Å²) in [5.74, 6) is 0.0314. The van der Waals surface area contributed by atoms with Crippen LogP contribution >= 0.6 is 0 Å². The molecular formula is C20H15F2N5O. The van der Waals surface area contributed by atoms with Crippen LogP contribution in [-0.2, 0) is 0 Å². The number of methoxy groups -OCH3 is 1. The lowest BCUT2D eigenvalue weighted by atomic mass is 10.0. The Balaban J connectivity index is 1.98. The molecule has 4 rings (SSSR count). The van der Waals surface area contributed by atoms with Gasteiger partial charge in [-0.05, 0) is 29.8 Å². The van der Waals surface area contributed by atoms with E-state index in [9.17, 15) is 8.78 Å². The molecular weight excluding hydrogens is 364 g/mol. The van der Waals surface area contributed by atoms with Gasteiger partial charge in [0.1, 0.15) is 34.4 Å². The maximum atomic E-state index is 14.3. The molecule has 2 aromatic heterocycles. The third-order valence-corrected chi connectivity index (χ3v) is 4.26. The molecule has 140 valence electrons. The molecule has 0 radical (unpaired) electrons. The van der Waals surface area contributed by atoms with Gasteiger partial charge in [0.25, 0.3) is 0 Å². The van der Waals surface area contributed by atoms with Crippen LogP contribution in [0, 0.1) is 11.6 Å². The average molecular weight is 379 g/mol. The largest absolute Gasteiger partial charge is 0.494 e. The van der Waals surface area contributed by atoms with Gasteiger partial charge in [0.15, 0.2) is 5.82 Å². The fourth-order valence-corrected chi connectivity index (χ4v) is 2.96. The first kappa shape index (κ1) is 17.7. The van der Waals surface area contributed by atoms with Gasteiger partial charge in [0.2, 0.25) is 0 Å². The Morgan fingerprint density at radius 2 is 1.89 bits per heavy atom. The molecule has 0 bridgehead atoms. The number of fused-ring (bicyclic) bond motifs is 1. The van der Waals surface area contributed by atoms with Gasteiger partial charge in [-0.15, -0.1) is 0 Å². The number of nitrogens with zero attached hydrogens (tertiary/aromatic N) is 4. The van der Waals surface area contributed by atoms with E-state index < -0.39 is 11.6 Å². The summed E-state index contributed by atoms with van der Waals surface area (Å²) in [6.07, 6.45) is 4.68. The highest BCUT2D eigenvalue weighted by molar-refractivity contribution is 5.97. The molecule has 0 fully saturated rings. The molecule has 0 spiro atoms. The number of hydrogen-bond acceptors (Lipinski definition) is 6. The van der Waals surface area contributed by atoms with Gasteiger partial charge >= 0.3 is 0 Å². The number of halogens is 2. The number of ether oxygens (including phenoxy) is 1. The van der Waals surface area contributed by atoms with Crippen molar-refractivity contribution in [2.75, 3.05) is 19.5 Å². The Labute approximate surface area is 159 Å². The fraction of sp³-hybridized carbons (Fsp3) is 0.100. The number of hydrogen-bond donors (Lipinski definition) is 1. The SMILES string of the molecule is CNc1nc(-c2cnccn2)nc2c(OC)cc(-c3ccc(F)cc3F)cc12. The lowest BCUT2D eigenvalue weighted by molar-refractivity contribution is 0.419. The van der Waals surface area contributed by atoms with Gasteiger partial charge < -0.3 is 10.1 Å².